The smallest absolute Gasteiger partial charge is 0.285 e. The first kappa shape index (κ1) is 21.3. The first-order chi connectivity index (χ1) is 14.4. The van der Waals surface area contributed by atoms with Gasteiger partial charge in [0.15, 0.2) is 0 Å². The summed E-state index contributed by atoms with van der Waals surface area (Å²) in [6.45, 7) is 2.78. The van der Waals surface area contributed by atoms with Crippen LogP contribution < -0.4 is 15.0 Å². The number of methoxy groups -OCH3 is 2. The van der Waals surface area contributed by atoms with E-state index in [4.69, 9.17) is 9.47 Å². The molecule has 30 heavy (non-hydrogen) atoms. The van der Waals surface area contributed by atoms with Gasteiger partial charge in [-0.05, 0) is 18.2 Å². The standard InChI is InChI=1S/C20H24N4O6/c1-29-17-4-5-18(30-2)15(11-17)12-21-7-9-22(10-8-21)20(26)14-23-13-16(24(27)28)3-6-19(23)25/h3-6,11,13H,7-10,12,14H2,1-2H3. The molecule has 0 bridgehead atoms. The molecule has 1 aromatic heterocycles. The summed E-state index contributed by atoms with van der Waals surface area (Å²) < 4.78 is 11.8. The number of carbonyl (C=O) groups excluding carboxylic acids is 1. The lowest BCUT2D eigenvalue weighted by molar-refractivity contribution is -0.385. The molecule has 160 valence electrons. The zero-order valence-corrected chi connectivity index (χ0v) is 16.9. The number of aromatic nitrogens is 1. The Morgan fingerprint density at radius 1 is 1.10 bits per heavy atom. The van der Waals surface area contributed by atoms with Crippen LogP contribution in [0, 0.1) is 10.1 Å². The van der Waals surface area contributed by atoms with Gasteiger partial charge in [-0.15, -0.1) is 0 Å². The highest BCUT2D eigenvalue weighted by atomic mass is 16.6. The molecular weight excluding hydrogens is 392 g/mol. The van der Waals surface area contributed by atoms with Crippen LogP contribution in [-0.4, -0.2) is 65.6 Å². The average molecular weight is 416 g/mol. The van der Waals surface area contributed by atoms with E-state index in [-0.39, 0.29) is 18.1 Å². The second kappa shape index (κ2) is 9.40. The number of hydrogen-bond acceptors (Lipinski definition) is 7. The quantitative estimate of drug-likeness (QED) is 0.492. The summed E-state index contributed by atoms with van der Waals surface area (Å²) in [5, 5.41) is 10.9. The predicted octanol–water partition coefficient (Wildman–Crippen LogP) is 1.12. The molecule has 1 aliphatic heterocycles. The van der Waals surface area contributed by atoms with Crippen molar-refractivity contribution in [3.05, 3.63) is 62.6 Å². The fraction of sp³-hybridized carbons (Fsp3) is 0.400. The molecule has 10 heteroatoms. The van der Waals surface area contributed by atoms with E-state index in [1.165, 1.54) is 0 Å². The molecule has 1 aromatic carbocycles. The number of nitro groups is 1. The monoisotopic (exact) mass is 416 g/mol. The molecule has 10 nitrogen and oxygen atoms in total. The number of amides is 1. The lowest BCUT2D eigenvalue weighted by atomic mass is 10.1. The third-order valence-corrected chi connectivity index (χ3v) is 5.09. The fourth-order valence-corrected chi connectivity index (χ4v) is 3.40. The van der Waals surface area contributed by atoms with Gasteiger partial charge in [-0.1, -0.05) is 0 Å². The van der Waals surface area contributed by atoms with Gasteiger partial charge in [0.1, 0.15) is 18.0 Å². The Balaban J connectivity index is 1.59. The summed E-state index contributed by atoms with van der Waals surface area (Å²) >= 11 is 0. The SMILES string of the molecule is COc1ccc(OC)c(CN2CCN(C(=O)Cn3cc([N+](=O)[O-])ccc3=O)CC2)c1. The maximum Gasteiger partial charge on any atom is 0.285 e. The maximum atomic E-state index is 12.6. The molecule has 0 aliphatic carbocycles. The van der Waals surface area contributed by atoms with E-state index in [0.29, 0.717) is 32.7 Å². The van der Waals surface area contributed by atoms with Gasteiger partial charge in [0.2, 0.25) is 5.91 Å². The van der Waals surface area contributed by atoms with Crippen LogP contribution >= 0.6 is 0 Å². The third kappa shape index (κ3) is 4.95. The Labute approximate surface area is 173 Å². The van der Waals surface area contributed by atoms with Gasteiger partial charge in [-0.25, -0.2) is 0 Å². The van der Waals surface area contributed by atoms with Crippen molar-refractivity contribution in [1.29, 1.82) is 0 Å². The van der Waals surface area contributed by atoms with Gasteiger partial charge in [0, 0.05) is 50.4 Å². The molecule has 0 radical (unpaired) electrons. The Kier molecular flexibility index (Phi) is 6.68. The van der Waals surface area contributed by atoms with E-state index >= 15 is 0 Å². The van der Waals surface area contributed by atoms with E-state index < -0.39 is 10.5 Å². The number of benzene rings is 1. The van der Waals surface area contributed by atoms with Gasteiger partial charge in [-0.2, -0.15) is 0 Å². The zero-order chi connectivity index (χ0) is 21.7. The largest absolute Gasteiger partial charge is 0.497 e. The highest BCUT2D eigenvalue weighted by Crippen LogP contribution is 2.25. The van der Waals surface area contributed by atoms with Crippen LogP contribution in [-0.2, 0) is 17.9 Å². The van der Waals surface area contributed by atoms with E-state index in [9.17, 15) is 19.7 Å². The first-order valence-corrected chi connectivity index (χ1v) is 9.47. The number of piperazine rings is 1. The van der Waals surface area contributed by atoms with E-state index in [1.54, 1.807) is 19.1 Å². The highest BCUT2D eigenvalue weighted by Gasteiger charge is 2.23. The number of pyridine rings is 1. The van der Waals surface area contributed by atoms with Crippen LogP contribution in [0.1, 0.15) is 5.56 Å². The van der Waals surface area contributed by atoms with Crippen LogP contribution in [0.15, 0.2) is 41.3 Å². The van der Waals surface area contributed by atoms with Gasteiger partial charge < -0.3 is 14.4 Å². The summed E-state index contributed by atoms with van der Waals surface area (Å²) in [7, 11) is 3.24. The Morgan fingerprint density at radius 3 is 2.47 bits per heavy atom. The number of hydrogen-bond donors (Lipinski definition) is 0. The van der Waals surface area contributed by atoms with Crippen molar-refractivity contribution in [3.63, 3.8) is 0 Å². The Morgan fingerprint density at radius 2 is 1.83 bits per heavy atom. The van der Waals surface area contributed by atoms with Crippen molar-refractivity contribution < 1.29 is 19.2 Å². The lowest BCUT2D eigenvalue weighted by Crippen LogP contribution is -2.49. The molecule has 0 saturated carbocycles. The minimum absolute atomic E-state index is 0.218. The second-order valence-corrected chi connectivity index (χ2v) is 6.95. The molecule has 0 spiro atoms. The number of carbonyl (C=O) groups is 1. The van der Waals surface area contributed by atoms with Crippen LogP contribution in [0.3, 0.4) is 0 Å². The first-order valence-electron chi connectivity index (χ1n) is 9.47. The molecule has 0 unspecified atom stereocenters. The normalized spacial score (nSPS) is 14.4. The maximum absolute atomic E-state index is 12.6. The van der Waals surface area contributed by atoms with E-state index in [1.807, 2.05) is 18.2 Å². The van der Waals surface area contributed by atoms with Crippen molar-refractivity contribution in [3.8, 4) is 11.5 Å². The Bertz CT molecular complexity index is 982. The summed E-state index contributed by atoms with van der Waals surface area (Å²) in [5.74, 6) is 1.29. The molecular formula is C20H24N4O6. The lowest BCUT2D eigenvalue weighted by Gasteiger charge is -2.35. The molecule has 0 N–H and O–H groups in total. The summed E-state index contributed by atoms with van der Waals surface area (Å²) in [4.78, 5) is 38.7. The van der Waals surface area contributed by atoms with Crippen molar-refractivity contribution in [2.45, 2.75) is 13.1 Å². The summed E-state index contributed by atoms with van der Waals surface area (Å²) in [6.07, 6.45) is 1.10. The zero-order valence-electron chi connectivity index (χ0n) is 16.9. The highest BCUT2D eigenvalue weighted by molar-refractivity contribution is 5.76. The third-order valence-electron chi connectivity index (χ3n) is 5.09. The predicted molar refractivity (Wildman–Crippen MR) is 109 cm³/mol. The molecule has 2 aromatic rings. The number of rotatable bonds is 7. The summed E-state index contributed by atoms with van der Waals surface area (Å²) in [5.41, 5.74) is 0.330. The second-order valence-electron chi connectivity index (χ2n) is 6.95. The van der Waals surface area contributed by atoms with Gasteiger partial charge in [0.25, 0.3) is 11.2 Å². The molecule has 3 rings (SSSR count). The van der Waals surface area contributed by atoms with Crippen LogP contribution in [0.2, 0.25) is 0 Å². The minimum Gasteiger partial charge on any atom is -0.497 e. The van der Waals surface area contributed by atoms with Crippen molar-refractivity contribution >= 4 is 11.6 Å². The fourth-order valence-electron chi connectivity index (χ4n) is 3.40. The minimum atomic E-state index is -0.591. The molecule has 2 heterocycles. The molecule has 1 saturated heterocycles. The topological polar surface area (TPSA) is 107 Å². The van der Waals surface area contributed by atoms with Crippen LogP contribution in [0.4, 0.5) is 5.69 Å². The summed E-state index contributed by atoms with van der Waals surface area (Å²) in [6, 6.07) is 7.88. The van der Waals surface area contributed by atoms with E-state index in [2.05, 4.69) is 4.90 Å². The molecule has 1 fully saturated rings. The number of nitrogens with zero attached hydrogens (tertiary/aromatic N) is 4. The van der Waals surface area contributed by atoms with Crippen LogP contribution in [0.5, 0.6) is 11.5 Å². The van der Waals surface area contributed by atoms with Gasteiger partial charge >= 0.3 is 0 Å². The van der Waals surface area contributed by atoms with Gasteiger partial charge in [-0.3, -0.25) is 29.2 Å². The molecule has 0 atom stereocenters. The molecule has 1 amide bonds. The average Bonchev–Trinajstić information content (AvgIpc) is 2.75. The molecule has 1 aliphatic rings. The number of ether oxygens (including phenoxy) is 2. The van der Waals surface area contributed by atoms with Crippen LogP contribution in [0.25, 0.3) is 0 Å². The van der Waals surface area contributed by atoms with Crippen molar-refractivity contribution in [2.75, 3.05) is 40.4 Å². The van der Waals surface area contributed by atoms with Gasteiger partial charge in [0.05, 0.1) is 25.3 Å². The van der Waals surface area contributed by atoms with Crippen molar-refractivity contribution in [2.24, 2.45) is 0 Å². The Hall–Kier alpha value is -3.40. The van der Waals surface area contributed by atoms with E-state index in [0.717, 1.165) is 40.0 Å². The van der Waals surface area contributed by atoms with Crippen molar-refractivity contribution in [1.82, 2.24) is 14.4 Å².